The second kappa shape index (κ2) is 8.62. The van der Waals surface area contributed by atoms with E-state index in [1.165, 1.54) is 18.4 Å². The number of hydrogen-bond donors (Lipinski definition) is 1. The van der Waals surface area contributed by atoms with Crippen LogP contribution in [-0.4, -0.2) is 32.9 Å². The molecule has 1 aromatic rings. The summed E-state index contributed by atoms with van der Waals surface area (Å²) in [4.78, 5) is 0. The fourth-order valence-corrected chi connectivity index (χ4v) is 3.20. The monoisotopic (exact) mass is 311 g/mol. The first-order valence-electron chi connectivity index (χ1n) is 7.93. The summed E-state index contributed by atoms with van der Waals surface area (Å²) in [6.45, 7) is 4.87. The van der Waals surface area contributed by atoms with E-state index >= 15 is 0 Å². The zero-order valence-electron chi connectivity index (χ0n) is 12.6. The van der Waals surface area contributed by atoms with E-state index in [4.69, 9.17) is 9.47 Å². The van der Waals surface area contributed by atoms with E-state index in [0.717, 1.165) is 51.5 Å². The van der Waals surface area contributed by atoms with Crippen LogP contribution in [0.3, 0.4) is 0 Å². The van der Waals surface area contributed by atoms with Gasteiger partial charge in [0.15, 0.2) is 0 Å². The second-order valence-electron chi connectivity index (χ2n) is 5.93. The summed E-state index contributed by atoms with van der Waals surface area (Å²) in [7, 11) is 0. The summed E-state index contributed by atoms with van der Waals surface area (Å²) in [5.41, 5.74) is 1.40. The first kappa shape index (κ1) is 16.6. The molecule has 21 heavy (non-hydrogen) atoms. The third kappa shape index (κ3) is 4.60. The average molecular weight is 312 g/mol. The van der Waals surface area contributed by atoms with Crippen molar-refractivity contribution in [1.82, 2.24) is 5.32 Å². The van der Waals surface area contributed by atoms with Crippen LogP contribution in [0.1, 0.15) is 37.2 Å². The van der Waals surface area contributed by atoms with E-state index < -0.39 is 0 Å². The summed E-state index contributed by atoms with van der Waals surface area (Å²) in [6, 6.07) is 8.61. The molecule has 118 valence electrons. The van der Waals surface area contributed by atoms with Crippen LogP contribution in [0.5, 0.6) is 5.75 Å². The van der Waals surface area contributed by atoms with Gasteiger partial charge in [-0.05, 0) is 62.2 Å². The van der Waals surface area contributed by atoms with Crippen molar-refractivity contribution in [3.63, 3.8) is 0 Å². The molecule has 2 fully saturated rings. The predicted octanol–water partition coefficient (Wildman–Crippen LogP) is 3.38. The summed E-state index contributed by atoms with van der Waals surface area (Å²) in [6.07, 6.45) is 4.71. The third-order valence-electron chi connectivity index (χ3n) is 4.51. The Kier molecular flexibility index (Phi) is 6.81. The smallest absolute Gasteiger partial charge is 0.122 e. The van der Waals surface area contributed by atoms with Crippen LogP contribution in [0, 0.1) is 5.92 Å². The summed E-state index contributed by atoms with van der Waals surface area (Å²) in [5, 5.41) is 3.43. The van der Waals surface area contributed by atoms with Gasteiger partial charge in [-0.3, -0.25) is 0 Å². The fourth-order valence-electron chi connectivity index (χ4n) is 3.20. The van der Waals surface area contributed by atoms with E-state index in [-0.39, 0.29) is 12.4 Å². The van der Waals surface area contributed by atoms with Gasteiger partial charge in [0.05, 0.1) is 6.61 Å². The maximum absolute atomic E-state index is 6.15. The molecule has 0 bridgehead atoms. The van der Waals surface area contributed by atoms with E-state index in [1.54, 1.807) is 0 Å². The third-order valence-corrected chi connectivity index (χ3v) is 4.51. The Hall–Kier alpha value is -0.770. The molecule has 2 saturated heterocycles. The highest BCUT2D eigenvalue weighted by Crippen LogP contribution is 2.33. The van der Waals surface area contributed by atoms with Crippen molar-refractivity contribution in [1.29, 1.82) is 0 Å². The Bertz CT molecular complexity index is 415. The molecule has 2 aliphatic heterocycles. The van der Waals surface area contributed by atoms with Crippen LogP contribution in [-0.2, 0) is 4.74 Å². The molecule has 0 unspecified atom stereocenters. The van der Waals surface area contributed by atoms with Gasteiger partial charge in [-0.25, -0.2) is 0 Å². The SMILES string of the molecule is Cl.c1ccc(C2CCNCC2)c(OCC2CCOCC2)c1. The van der Waals surface area contributed by atoms with Crippen molar-refractivity contribution in [2.45, 2.75) is 31.6 Å². The number of hydrogen-bond acceptors (Lipinski definition) is 3. The largest absolute Gasteiger partial charge is 0.493 e. The fraction of sp³-hybridized carbons (Fsp3) is 0.647. The van der Waals surface area contributed by atoms with Crippen molar-refractivity contribution >= 4 is 12.4 Å². The molecular formula is C17H26ClNO2. The first-order valence-corrected chi connectivity index (χ1v) is 7.93. The van der Waals surface area contributed by atoms with Crippen LogP contribution < -0.4 is 10.1 Å². The molecule has 3 nitrogen and oxygen atoms in total. The van der Waals surface area contributed by atoms with Crippen molar-refractivity contribution < 1.29 is 9.47 Å². The van der Waals surface area contributed by atoms with Gasteiger partial charge in [-0.1, -0.05) is 18.2 Å². The standard InChI is InChI=1S/C17H25NO2.ClH/c1-2-4-17(20-13-14-7-11-19-12-8-14)16(3-1)15-5-9-18-10-6-15;/h1-4,14-15,18H,5-13H2;1H. The molecule has 2 aliphatic rings. The van der Waals surface area contributed by atoms with Crippen LogP contribution >= 0.6 is 12.4 Å². The van der Waals surface area contributed by atoms with Crippen LogP contribution in [0.4, 0.5) is 0 Å². The van der Waals surface area contributed by atoms with Gasteiger partial charge in [-0.2, -0.15) is 0 Å². The number of rotatable bonds is 4. The minimum atomic E-state index is 0. The second-order valence-corrected chi connectivity index (χ2v) is 5.93. The van der Waals surface area contributed by atoms with E-state index in [0.29, 0.717) is 11.8 Å². The van der Waals surface area contributed by atoms with Crippen LogP contribution in [0.15, 0.2) is 24.3 Å². The number of nitrogens with one attached hydrogen (secondary N) is 1. The predicted molar refractivity (Wildman–Crippen MR) is 87.6 cm³/mol. The molecule has 0 aliphatic carbocycles. The Morgan fingerprint density at radius 1 is 1.05 bits per heavy atom. The van der Waals surface area contributed by atoms with Crippen LogP contribution in [0.25, 0.3) is 0 Å². The number of piperidine rings is 1. The molecule has 0 saturated carbocycles. The number of ether oxygens (including phenoxy) is 2. The van der Waals surface area contributed by atoms with E-state index in [9.17, 15) is 0 Å². The summed E-state index contributed by atoms with van der Waals surface area (Å²) >= 11 is 0. The number of benzene rings is 1. The average Bonchev–Trinajstić information content (AvgIpc) is 2.55. The lowest BCUT2D eigenvalue weighted by Gasteiger charge is -2.26. The normalized spacial score (nSPS) is 20.8. The van der Waals surface area contributed by atoms with Crippen molar-refractivity contribution in [2.75, 3.05) is 32.9 Å². The zero-order chi connectivity index (χ0) is 13.6. The maximum atomic E-state index is 6.15. The van der Waals surface area contributed by atoms with Gasteiger partial charge in [-0.15, -0.1) is 12.4 Å². The molecule has 0 amide bonds. The molecular weight excluding hydrogens is 286 g/mol. The Morgan fingerprint density at radius 3 is 2.52 bits per heavy atom. The van der Waals surface area contributed by atoms with Crippen molar-refractivity contribution in [2.24, 2.45) is 5.92 Å². The summed E-state index contributed by atoms with van der Waals surface area (Å²) in [5.74, 6) is 2.41. The maximum Gasteiger partial charge on any atom is 0.122 e. The molecule has 0 aromatic heterocycles. The lowest BCUT2D eigenvalue weighted by Crippen LogP contribution is -2.27. The zero-order valence-corrected chi connectivity index (χ0v) is 13.4. The number of halogens is 1. The Balaban J connectivity index is 0.00000161. The molecule has 1 N–H and O–H groups in total. The quantitative estimate of drug-likeness (QED) is 0.924. The molecule has 4 heteroatoms. The van der Waals surface area contributed by atoms with Gasteiger partial charge in [0.1, 0.15) is 5.75 Å². The highest BCUT2D eigenvalue weighted by atomic mass is 35.5. The minimum Gasteiger partial charge on any atom is -0.493 e. The topological polar surface area (TPSA) is 30.5 Å². The highest BCUT2D eigenvalue weighted by Gasteiger charge is 2.20. The first-order chi connectivity index (χ1) is 9.93. The van der Waals surface area contributed by atoms with E-state index in [1.807, 2.05) is 0 Å². The molecule has 2 heterocycles. The molecule has 0 radical (unpaired) electrons. The number of para-hydroxylation sites is 1. The van der Waals surface area contributed by atoms with Gasteiger partial charge < -0.3 is 14.8 Å². The lowest BCUT2D eigenvalue weighted by atomic mass is 9.89. The highest BCUT2D eigenvalue weighted by molar-refractivity contribution is 5.85. The lowest BCUT2D eigenvalue weighted by molar-refractivity contribution is 0.0495. The minimum absolute atomic E-state index is 0. The Labute approximate surface area is 133 Å². The van der Waals surface area contributed by atoms with Gasteiger partial charge in [0.2, 0.25) is 0 Å². The molecule has 3 rings (SSSR count). The molecule has 0 spiro atoms. The summed E-state index contributed by atoms with van der Waals surface area (Å²) < 4.78 is 11.6. The molecule has 0 atom stereocenters. The van der Waals surface area contributed by atoms with Crippen molar-refractivity contribution in [3.05, 3.63) is 29.8 Å². The van der Waals surface area contributed by atoms with Gasteiger partial charge in [0.25, 0.3) is 0 Å². The van der Waals surface area contributed by atoms with Gasteiger partial charge >= 0.3 is 0 Å². The molecule has 1 aromatic carbocycles. The van der Waals surface area contributed by atoms with Crippen LogP contribution in [0.2, 0.25) is 0 Å². The van der Waals surface area contributed by atoms with E-state index in [2.05, 4.69) is 29.6 Å². The van der Waals surface area contributed by atoms with Crippen molar-refractivity contribution in [3.8, 4) is 5.75 Å². The Morgan fingerprint density at radius 2 is 1.76 bits per heavy atom. The van der Waals surface area contributed by atoms with Gasteiger partial charge in [0, 0.05) is 13.2 Å².